The number of aliphatic carboxylic acids is 3. The smallest absolute Gasteiger partial charge is 0.326 e. The van der Waals surface area contributed by atoms with Crippen LogP contribution in [0.1, 0.15) is 37.7 Å². The molecule has 1 rings (SSSR count). The van der Waals surface area contributed by atoms with Crippen LogP contribution < -0.4 is 27.4 Å². The molecule has 0 aromatic heterocycles. The fourth-order valence-electron chi connectivity index (χ4n) is 3.24. The molecule has 4 atom stereocenters. The predicted molar refractivity (Wildman–Crippen MR) is 131 cm³/mol. The Bertz CT molecular complexity index is 1080. The number of carboxylic acid groups (broad SMARTS) is 3. The first kappa shape index (κ1) is 32.3. The molecule has 1 aromatic rings. The number of carbonyl (C=O) groups excluding carboxylic acids is 4. The summed E-state index contributed by atoms with van der Waals surface area (Å²) < 4.78 is 0. The Balaban J connectivity index is 3.15. The highest BCUT2D eigenvalue weighted by molar-refractivity contribution is 5.95. The van der Waals surface area contributed by atoms with Gasteiger partial charge in [0.1, 0.15) is 23.9 Å². The monoisotopic (exact) mass is 553 g/mol. The number of benzene rings is 1. The van der Waals surface area contributed by atoms with E-state index in [1.54, 1.807) is 0 Å². The Kier molecular flexibility index (Phi) is 12.8. The number of nitrogens with two attached hydrogens (primary N) is 2. The maximum atomic E-state index is 13.0. The number of phenols is 1. The van der Waals surface area contributed by atoms with Gasteiger partial charge in [-0.25, -0.2) is 4.79 Å². The molecule has 0 radical (unpaired) electrons. The van der Waals surface area contributed by atoms with Crippen molar-refractivity contribution in [2.24, 2.45) is 11.5 Å². The SMILES string of the molecule is NC(=O)CCC(NC(=O)C(Cc1ccc(O)cc1)NC(=O)C(CC(=O)O)NC(=O)C(N)CCC(=O)O)C(=O)O. The van der Waals surface area contributed by atoms with E-state index < -0.39 is 78.5 Å². The minimum Gasteiger partial charge on any atom is -0.508 e. The molecule has 0 aliphatic rings. The molecule has 0 fully saturated rings. The predicted octanol–water partition coefficient (Wildman–Crippen LogP) is -2.59. The van der Waals surface area contributed by atoms with Gasteiger partial charge in [-0.2, -0.15) is 0 Å². The van der Waals surface area contributed by atoms with E-state index in [0.717, 1.165) is 0 Å². The third-order valence-corrected chi connectivity index (χ3v) is 5.32. The van der Waals surface area contributed by atoms with Crippen molar-refractivity contribution in [3.8, 4) is 5.75 Å². The first-order chi connectivity index (χ1) is 18.2. The molecule has 4 amide bonds. The lowest BCUT2D eigenvalue weighted by Gasteiger charge is -2.25. The first-order valence-corrected chi connectivity index (χ1v) is 11.6. The van der Waals surface area contributed by atoms with Gasteiger partial charge in [0, 0.05) is 19.3 Å². The van der Waals surface area contributed by atoms with Crippen LogP contribution in [0.2, 0.25) is 0 Å². The van der Waals surface area contributed by atoms with Gasteiger partial charge in [-0.3, -0.25) is 28.8 Å². The molecule has 0 aliphatic carbocycles. The van der Waals surface area contributed by atoms with E-state index in [9.17, 15) is 48.9 Å². The minimum absolute atomic E-state index is 0.0929. The van der Waals surface area contributed by atoms with E-state index in [1.807, 2.05) is 0 Å². The Hall–Kier alpha value is -4.73. The Morgan fingerprint density at radius 1 is 0.718 bits per heavy atom. The molecule has 0 heterocycles. The summed E-state index contributed by atoms with van der Waals surface area (Å²) in [5.74, 6) is -8.24. The van der Waals surface area contributed by atoms with E-state index in [1.165, 1.54) is 24.3 Å². The number of amides is 4. The van der Waals surface area contributed by atoms with Crippen LogP contribution in [0.5, 0.6) is 5.75 Å². The summed E-state index contributed by atoms with van der Waals surface area (Å²) in [4.78, 5) is 82.9. The average molecular weight is 554 g/mol. The standard InChI is InChI=1S/C23H31N5O11/c24-13(5-8-18(31)32)20(35)27-16(10-19(33)34)22(37)28-15(9-11-1-3-12(29)4-2-11)21(36)26-14(23(38)39)6-7-17(25)30/h1-4,13-16,29H,5-10,24H2,(H2,25,30)(H,26,36)(H,27,35)(H,28,37)(H,31,32)(H,33,34)(H,38,39). The van der Waals surface area contributed by atoms with E-state index in [-0.39, 0.29) is 31.4 Å². The highest BCUT2D eigenvalue weighted by Crippen LogP contribution is 2.12. The van der Waals surface area contributed by atoms with Crippen molar-refractivity contribution in [1.82, 2.24) is 16.0 Å². The quantitative estimate of drug-likeness (QED) is 0.0960. The third-order valence-electron chi connectivity index (χ3n) is 5.32. The number of rotatable bonds is 17. The molecule has 11 N–H and O–H groups in total. The second kappa shape index (κ2) is 15.5. The van der Waals surface area contributed by atoms with E-state index in [2.05, 4.69) is 16.0 Å². The van der Waals surface area contributed by atoms with Crippen molar-refractivity contribution in [2.45, 2.75) is 62.7 Å². The van der Waals surface area contributed by atoms with Gasteiger partial charge in [-0.05, 0) is 30.5 Å². The number of hydrogen-bond donors (Lipinski definition) is 9. The Morgan fingerprint density at radius 3 is 1.77 bits per heavy atom. The average Bonchev–Trinajstić information content (AvgIpc) is 2.84. The summed E-state index contributed by atoms with van der Waals surface area (Å²) in [5, 5.41) is 43.4. The molecule has 0 bridgehead atoms. The molecule has 0 saturated carbocycles. The number of hydrogen-bond acceptors (Lipinski definition) is 9. The van der Waals surface area contributed by atoms with E-state index >= 15 is 0 Å². The summed E-state index contributed by atoms with van der Waals surface area (Å²) in [6.45, 7) is 0. The van der Waals surface area contributed by atoms with Crippen LogP contribution in [0, 0.1) is 0 Å². The molecule has 214 valence electrons. The number of nitrogens with one attached hydrogen (secondary N) is 3. The third kappa shape index (κ3) is 12.4. The number of aromatic hydroxyl groups is 1. The largest absolute Gasteiger partial charge is 0.508 e. The van der Waals surface area contributed by atoms with Gasteiger partial charge in [0.05, 0.1) is 12.5 Å². The van der Waals surface area contributed by atoms with Crippen LogP contribution in [0.3, 0.4) is 0 Å². The van der Waals surface area contributed by atoms with Crippen LogP contribution in [0.25, 0.3) is 0 Å². The molecule has 1 aromatic carbocycles. The van der Waals surface area contributed by atoms with Gasteiger partial charge < -0.3 is 47.8 Å². The van der Waals surface area contributed by atoms with Crippen molar-refractivity contribution >= 4 is 41.5 Å². The van der Waals surface area contributed by atoms with Crippen molar-refractivity contribution in [3.63, 3.8) is 0 Å². The molecule has 39 heavy (non-hydrogen) atoms. The van der Waals surface area contributed by atoms with Gasteiger partial charge in [0.2, 0.25) is 23.6 Å². The number of phenolic OH excluding ortho intramolecular Hbond substituents is 1. The van der Waals surface area contributed by atoms with Gasteiger partial charge >= 0.3 is 17.9 Å². The number of carboxylic acids is 3. The summed E-state index contributed by atoms with van der Waals surface area (Å²) in [7, 11) is 0. The molecular formula is C23H31N5O11. The summed E-state index contributed by atoms with van der Waals surface area (Å²) >= 11 is 0. The molecule has 4 unspecified atom stereocenters. The fraction of sp³-hybridized carbons (Fsp3) is 0.435. The molecule has 16 heteroatoms. The second-order valence-electron chi connectivity index (χ2n) is 8.53. The lowest BCUT2D eigenvalue weighted by atomic mass is 10.0. The van der Waals surface area contributed by atoms with Crippen molar-refractivity contribution in [3.05, 3.63) is 29.8 Å². The fourth-order valence-corrected chi connectivity index (χ4v) is 3.24. The second-order valence-corrected chi connectivity index (χ2v) is 8.53. The minimum atomic E-state index is -1.73. The highest BCUT2D eigenvalue weighted by Gasteiger charge is 2.31. The van der Waals surface area contributed by atoms with Crippen molar-refractivity contribution in [1.29, 1.82) is 0 Å². The van der Waals surface area contributed by atoms with Crippen LogP contribution in [0.4, 0.5) is 0 Å². The molecule has 0 spiro atoms. The van der Waals surface area contributed by atoms with Gasteiger partial charge in [-0.15, -0.1) is 0 Å². The normalized spacial score (nSPS) is 13.7. The molecule has 16 nitrogen and oxygen atoms in total. The van der Waals surface area contributed by atoms with E-state index in [4.69, 9.17) is 16.6 Å². The Morgan fingerprint density at radius 2 is 1.26 bits per heavy atom. The highest BCUT2D eigenvalue weighted by atomic mass is 16.4. The van der Waals surface area contributed by atoms with Crippen molar-refractivity contribution < 1.29 is 54.0 Å². The number of carbonyl (C=O) groups is 7. The van der Waals surface area contributed by atoms with Gasteiger partial charge in [0.15, 0.2) is 0 Å². The van der Waals surface area contributed by atoms with Crippen LogP contribution in [-0.2, 0) is 40.0 Å². The summed E-state index contributed by atoms with van der Waals surface area (Å²) in [5.41, 5.74) is 11.1. The van der Waals surface area contributed by atoms with Gasteiger partial charge in [0.25, 0.3) is 0 Å². The zero-order chi connectivity index (χ0) is 29.7. The first-order valence-electron chi connectivity index (χ1n) is 11.6. The molecule has 0 aliphatic heterocycles. The van der Waals surface area contributed by atoms with Crippen LogP contribution >= 0.6 is 0 Å². The van der Waals surface area contributed by atoms with Crippen LogP contribution in [0.15, 0.2) is 24.3 Å². The maximum Gasteiger partial charge on any atom is 0.326 e. The van der Waals surface area contributed by atoms with E-state index in [0.29, 0.717) is 5.56 Å². The zero-order valence-corrected chi connectivity index (χ0v) is 20.7. The van der Waals surface area contributed by atoms with Crippen molar-refractivity contribution in [2.75, 3.05) is 0 Å². The zero-order valence-electron chi connectivity index (χ0n) is 20.7. The molecular weight excluding hydrogens is 522 g/mol. The maximum absolute atomic E-state index is 13.0. The topological polar surface area (TPSA) is 289 Å². The molecule has 0 saturated heterocycles. The van der Waals surface area contributed by atoms with Crippen LogP contribution in [-0.4, -0.2) is 86.1 Å². The van der Waals surface area contributed by atoms with Gasteiger partial charge in [-0.1, -0.05) is 12.1 Å². The summed E-state index contributed by atoms with van der Waals surface area (Å²) in [6, 6.07) is -0.717. The summed E-state index contributed by atoms with van der Waals surface area (Å²) in [6.07, 6.45) is -2.63. The number of primary amides is 1. The lowest BCUT2D eigenvalue weighted by molar-refractivity contribution is -0.143. The Labute approximate surface area is 221 Å². The lowest BCUT2D eigenvalue weighted by Crippen LogP contribution is -2.58.